The molecule has 3 heteroatoms. The van der Waals surface area contributed by atoms with Crippen molar-refractivity contribution >= 4 is 0 Å². The second-order valence-corrected chi connectivity index (χ2v) is 1.78. The number of hydrogen-bond acceptors (Lipinski definition) is 3. The van der Waals surface area contributed by atoms with E-state index in [0.717, 1.165) is 6.61 Å². The summed E-state index contributed by atoms with van der Waals surface area (Å²) < 4.78 is 14.6. The van der Waals surface area contributed by atoms with Crippen molar-refractivity contribution in [1.29, 1.82) is 0 Å². The molecule has 0 aromatic rings. The van der Waals surface area contributed by atoms with Gasteiger partial charge in [-0.25, -0.2) is 0 Å². The van der Waals surface area contributed by atoms with Crippen molar-refractivity contribution in [2.75, 3.05) is 20.0 Å². The van der Waals surface area contributed by atoms with Gasteiger partial charge in [-0.1, -0.05) is 6.58 Å². The second kappa shape index (κ2) is 3.48. The number of ether oxygens (including phenoxy) is 3. The van der Waals surface area contributed by atoms with Crippen LogP contribution in [0.3, 0.4) is 0 Å². The summed E-state index contributed by atoms with van der Waals surface area (Å²) in [5, 5.41) is 0. The van der Waals surface area contributed by atoms with Crippen molar-refractivity contribution in [1.82, 2.24) is 0 Å². The van der Waals surface area contributed by atoms with E-state index in [4.69, 9.17) is 14.2 Å². The zero-order valence-corrected chi connectivity index (χ0v) is 5.21. The molecule has 0 aromatic carbocycles. The standard InChI is InChI=1S/C6H10O3/c1-2-7-5-8-3-6-4-9-6/h2,6H,1,3-5H2. The minimum absolute atomic E-state index is 0.281. The molecule has 3 nitrogen and oxygen atoms in total. The molecular weight excluding hydrogens is 120 g/mol. The van der Waals surface area contributed by atoms with E-state index in [2.05, 4.69) is 6.58 Å². The van der Waals surface area contributed by atoms with Crippen LogP contribution in [-0.4, -0.2) is 26.1 Å². The Labute approximate surface area is 54.2 Å². The third kappa shape index (κ3) is 3.11. The molecule has 1 aliphatic heterocycles. The molecule has 1 atom stereocenters. The van der Waals surface area contributed by atoms with Crippen molar-refractivity contribution in [3.63, 3.8) is 0 Å². The van der Waals surface area contributed by atoms with Crippen LogP contribution in [0.15, 0.2) is 12.8 Å². The van der Waals surface area contributed by atoms with Crippen LogP contribution >= 0.6 is 0 Å². The monoisotopic (exact) mass is 130 g/mol. The summed E-state index contributed by atoms with van der Waals surface area (Å²) in [5.74, 6) is 0. The summed E-state index contributed by atoms with van der Waals surface area (Å²) in [6.45, 7) is 5.10. The van der Waals surface area contributed by atoms with Gasteiger partial charge in [0.1, 0.15) is 6.10 Å². The second-order valence-electron chi connectivity index (χ2n) is 1.78. The maximum atomic E-state index is 4.98. The summed E-state index contributed by atoms with van der Waals surface area (Å²) in [6.07, 6.45) is 1.67. The Morgan fingerprint density at radius 2 is 2.56 bits per heavy atom. The zero-order valence-electron chi connectivity index (χ0n) is 5.21. The van der Waals surface area contributed by atoms with E-state index in [1.807, 2.05) is 0 Å². The topological polar surface area (TPSA) is 31.0 Å². The molecule has 1 fully saturated rings. The molecule has 1 rings (SSSR count). The van der Waals surface area contributed by atoms with Gasteiger partial charge in [0.2, 0.25) is 0 Å². The van der Waals surface area contributed by atoms with Crippen LogP contribution in [0.25, 0.3) is 0 Å². The fourth-order valence-electron chi connectivity index (χ4n) is 0.440. The molecule has 0 aromatic heterocycles. The van der Waals surface area contributed by atoms with E-state index in [9.17, 15) is 0 Å². The highest BCUT2D eigenvalue weighted by Crippen LogP contribution is 2.07. The average molecular weight is 130 g/mol. The summed E-state index contributed by atoms with van der Waals surface area (Å²) in [6, 6.07) is 0. The van der Waals surface area contributed by atoms with Crippen LogP contribution < -0.4 is 0 Å². The Morgan fingerprint density at radius 1 is 1.78 bits per heavy atom. The Hall–Kier alpha value is -0.540. The first kappa shape index (κ1) is 6.58. The molecule has 0 N–H and O–H groups in total. The fourth-order valence-corrected chi connectivity index (χ4v) is 0.440. The summed E-state index contributed by atoms with van der Waals surface area (Å²) in [4.78, 5) is 0. The number of epoxide rings is 1. The smallest absolute Gasteiger partial charge is 0.188 e. The van der Waals surface area contributed by atoms with Gasteiger partial charge < -0.3 is 14.2 Å². The van der Waals surface area contributed by atoms with E-state index >= 15 is 0 Å². The van der Waals surface area contributed by atoms with Gasteiger partial charge in [0.15, 0.2) is 6.79 Å². The van der Waals surface area contributed by atoms with Crippen LogP contribution in [0, 0.1) is 0 Å². The van der Waals surface area contributed by atoms with Crippen LogP contribution in [0.2, 0.25) is 0 Å². The van der Waals surface area contributed by atoms with Gasteiger partial charge in [0, 0.05) is 0 Å². The van der Waals surface area contributed by atoms with Crippen molar-refractivity contribution in [2.24, 2.45) is 0 Å². The van der Waals surface area contributed by atoms with E-state index in [-0.39, 0.29) is 6.79 Å². The van der Waals surface area contributed by atoms with Gasteiger partial charge in [-0.3, -0.25) is 0 Å². The molecule has 0 spiro atoms. The third-order valence-electron chi connectivity index (χ3n) is 0.975. The van der Waals surface area contributed by atoms with Crippen molar-refractivity contribution < 1.29 is 14.2 Å². The summed E-state index contributed by atoms with van der Waals surface area (Å²) in [5.41, 5.74) is 0. The highest BCUT2D eigenvalue weighted by atomic mass is 16.7. The lowest BCUT2D eigenvalue weighted by molar-refractivity contribution is -0.0165. The first-order valence-corrected chi connectivity index (χ1v) is 2.85. The van der Waals surface area contributed by atoms with Gasteiger partial charge in [0.05, 0.1) is 19.5 Å². The quantitative estimate of drug-likeness (QED) is 0.235. The molecule has 9 heavy (non-hydrogen) atoms. The molecule has 1 aliphatic rings. The first-order valence-electron chi connectivity index (χ1n) is 2.85. The predicted octanol–water partition coefficient (Wildman–Crippen LogP) is 0.519. The molecule has 0 aliphatic carbocycles. The van der Waals surface area contributed by atoms with E-state index in [1.54, 1.807) is 0 Å². The first-order chi connectivity index (χ1) is 4.43. The largest absolute Gasteiger partial charge is 0.476 e. The lowest BCUT2D eigenvalue weighted by Crippen LogP contribution is -2.02. The number of hydrogen-bond donors (Lipinski definition) is 0. The van der Waals surface area contributed by atoms with Crippen molar-refractivity contribution in [2.45, 2.75) is 6.10 Å². The van der Waals surface area contributed by atoms with Gasteiger partial charge in [-0.15, -0.1) is 0 Å². The van der Waals surface area contributed by atoms with Crippen LogP contribution in [0.4, 0.5) is 0 Å². The zero-order chi connectivity index (χ0) is 6.53. The van der Waals surface area contributed by atoms with Crippen molar-refractivity contribution in [3.05, 3.63) is 12.8 Å². The van der Waals surface area contributed by atoms with Gasteiger partial charge in [-0.05, 0) is 0 Å². The highest BCUT2D eigenvalue weighted by Gasteiger charge is 2.21. The predicted molar refractivity (Wildman–Crippen MR) is 31.8 cm³/mol. The fraction of sp³-hybridized carbons (Fsp3) is 0.667. The molecule has 0 bridgehead atoms. The molecule has 1 heterocycles. The Balaban J connectivity index is 1.75. The lowest BCUT2D eigenvalue weighted by atomic mass is 10.5. The molecular formula is C6H10O3. The number of rotatable bonds is 5. The molecule has 0 amide bonds. The molecule has 1 saturated heterocycles. The van der Waals surface area contributed by atoms with Gasteiger partial charge in [-0.2, -0.15) is 0 Å². The van der Waals surface area contributed by atoms with E-state index in [1.165, 1.54) is 6.26 Å². The third-order valence-corrected chi connectivity index (χ3v) is 0.975. The van der Waals surface area contributed by atoms with E-state index in [0.29, 0.717) is 12.7 Å². The minimum Gasteiger partial charge on any atom is -0.476 e. The summed E-state index contributed by atoms with van der Waals surface area (Å²) in [7, 11) is 0. The average Bonchev–Trinajstić information content (AvgIpc) is 2.63. The van der Waals surface area contributed by atoms with Crippen LogP contribution in [-0.2, 0) is 14.2 Å². The molecule has 52 valence electrons. The minimum atomic E-state index is 0.281. The Morgan fingerprint density at radius 3 is 3.11 bits per heavy atom. The van der Waals surface area contributed by atoms with Gasteiger partial charge >= 0.3 is 0 Å². The van der Waals surface area contributed by atoms with Crippen molar-refractivity contribution in [3.8, 4) is 0 Å². The van der Waals surface area contributed by atoms with Crippen LogP contribution in [0.1, 0.15) is 0 Å². The summed E-state index contributed by atoms with van der Waals surface area (Å²) >= 11 is 0. The Bertz CT molecular complexity index is 88.3. The molecule has 0 radical (unpaired) electrons. The van der Waals surface area contributed by atoms with E-state index < -0.39 is 0 Å². The lowest BCUT2D eigenvalue weighted by Gasteiger charge is -1.98. The SMILES string of the molecule is C=COCOCC1CO1. The van der Waals surface area contributed by atoms with Gasteiger partial charge in [0.25, 0.3) is 0 Å². The molecule has 0 saturated carbocycles. The maximum Gasteiger partial charge on any atom is 0.188 e. The highest BCUT2D eigenvalue weighted by molar-refractivity contribution is 4.66. The molecule has 1 unspecified atom stereocenters. The van der Waals surface area contributed by atoms with Crippen LogP contribution in [0.5, 0.6) is 0 Å². The Kier molecular flexibility index (Phi) is 2.54. The maximum absolute atomic E-state index is 4.98. The normalized spacial score (nSPS) is 23.3.